The molecule has 3 saturated carbocycles. The van der Waals surface area contributed by atoms with Crippen molar-refractivity contribution in [1.29, 1.82) is 0 Å². The van der Waals surface area contributed by atoms with Gasteiger partial charge in [0, 0.05) is 11.8 Å². The summed E-state index contributed by atoms with van der Waals surface area (Å²) in [5.74, 6) is 3.49. The largest absolute Gasteiger partial charge is 0.299 e. The lowest BCUT2D eigenvalue weighted by Crippen LogP contribution is -2.35. The van der Waals surface area contributed by atoms with Crippen LogP contribution < -0.4 is 0 Å². The molecule has 3 aliphatic rings. The molecular weight excluding hydrogens is 196 g/mol. The molecule has 3 rings (SSSR count). The molecule has 3 unspecified atom stereocenters. The number of rotatable bonds is 2. The Hall–Kier alpha value is -0.330. The van der Waals surface area contributed by atoms with Gasteiger partial charge in [0.1, 0.15) is 5.78 Å². The number of carbonyl (C=O) groups is 1. The number of fused-ring (bicyclic) bond motifs is 1. The van der Waals surface area contributed by atoms with Gasteiger partial charge >= 0.3 is 0 Å². The summed E-state index contributed by atoms with van der Waals surface area (Å²) in [5.41, 5.74) is 0. The second-order valence-corrected chi connectivity index (χ2v) is 6.34. The summed E-state index contributed by atoms with van der Waals surface area (Å²) in [6.07, 6.45) is 13.3. The number of Topliss-reactive ketones (excluding diaryl/α,β-unsaturated/α-hetero) is 1. The lowest BCUT2D eigenvalue weighted by Gasteiger charge is -2.40. The Balaban J connectivity index is 1.59. The van der Waals surface area contributed by atoms with Crippen molar-refractivity contribution in [2.45, 2.75) is 64.2 Å². The molecule has 0 bridgehead atoms. The fourth-order valence-electron chi connectivity index (χ4n) is 4.16. The third kappa shape index (κ3) is 1.94. The molecule has 16 heavy (non-hydrogen) atoms. The van der Waals surface area contributed by atoms with Gasteiger partial charge in [0.05, 0.1) is 0 Å². The number of hydrogen-bond acceptors (Lipinski definition) is 1. The molecule has 0 amide bonds. The summed E-state index contributed by atoms with van der Waals surface area (Å²) in [6.45, 7) is 0. The molecule has 0 radical (unpaired) electrons. The van der Waals surface area contributed by atoms with E-state index in [1.807, 2.05) is 0 Å². The van der Waals surface area contributed by atoms with Gasteiger partial charge in [-0.1, -0.05) is 32.1 Å². The van der Waals surface area contributed by atoms with Gasteiger partial charge in [0.15, 0.2) is 0 Å². The highest BCUT2D eigenvalue weighted by molar-refractivity contribution is 5.84. The molecule has 0 spiro atoms. The molecule has 0 aromatic carbocycles. The van der Waals surface area contributed by atoms with Crippen molar-refractivity contribution in [2.75, 3.05) is 0 Å². The summed E-state index contributed by atoms with van der Waals surface area (Å²) in [5, 5.41) is 0. The highest BCUT2D eigenvalue weighted by Gasteiger charge is 2.38. The molecule has 0 N–H and O–H groups in total. The lowest BCUT2D eigenvalue weighted by atomic mass is 9.64. The average molecular weight is 220 g/mol. The summed E-state index contributed by atoms with van der Waals surface area (Å²) in [7, 11) is 0. The van der Waals surface area contributed by atoms with Crippen LogP contribution in [0.5, 0.6) is 0 Å². The van der Waals surface area contributed by atoms with Crippen LogP contribution in [-0.4, -0.2) is 5.78 Å². The second kappa shape index (κ2) is 4.50. The molecule has 0 heterocycles. The fraction of sp³-hybridized carbons (Fsp3) is 0.933. The van der Waals surface area contributed by atoms with Crippen molar-refractivity contribution in [2.24, 2.45) is 23.7 Å². The first kappa shape index (κ1) is 10.8. The molecule has 3 atom stereocenters. The van der Waals surface area contributed by atoms with Crippen LogP contribution >= 0.6 is 0 Å². The predicted molar refractivity (Wildman–Crippen MR) is 65.1 cm³/mol. The van der Waals surface area contributed by atoms with Crippen molar-refractivity contribution in [3.05, 3.63) is 0 Å². The van der Waals surface area contributed by atoms with Gasteiger partial charge < -0.3 is 0 Å². The molecule has 0 aliphatic heterocycles. The molecule has 1 nitrogen and oxygen atoms in total. The van der Waals surface area contributed by atoms with Crippen LogP contribution in [0.25, 0.3) is 0 Å². The zero-order valence-electron chi connectivity index (χ0n) is 10.3. The predicted octanol–water partition coefficient (Wildman–Crippen LogP) is 3.96. The minimum absolute atomic E-state index is 0.463. The van der Waals surface area contributed by atoms with E-state index in [-0.39, 0.29) is 0 Å². The highest BCUT2D eigenvalue weighted by atomic mass is 16.1. The maximum Gasteiger partial charge on any atom is 0.139 e. The van der Waals surface area contributed by atoms with Crippen molar-refractivity contribution in [3.63, 3.8) is 0 Å². The third-order valence-corrected chi connectivity index (χ3v) is 5.45. The molecular formula is C15H24O. The zero-order valence-corrected chi connectivity index (χ0v) is 10.3. The van der Waals surface area contributed by atoms with Gasteiger partial charge in [0.25, 0.3) is 0 Å². The zero-order chi connectivity index (χ0) is 11.0. The Bertz CT molecular complexity index is 267. The van der Waals surface area contributed by atoms with Crippen molar-refractivity contribution in [3.8, 4) is 0 Å². The molecule has 1 heteroatoms. The van der Waals surface area contributed by atoms with E-state index in [1.54, 1.807) is 0 Å². The van der Waals surface area contributed by atoms with Gasteiger partial charge in [0.2, 0.25) is 0 Å². The van der Waals surface area contributed by atoms with Gasteiger partial charge in [-0.3, -0.25) is 4.79 Å². The van der Waals surface area contributed by atoms with E-state index >= 15 is 0 Å². The van der Waals surface area contributed by atoms with Crippen LogP contribution in [0, 0.1) is 23.7 Å². The van der Waals surface area contributed by atoms with E-state index in [0.29, 0.717) is 17.6 Å². The standard InChI is InChI=1S/C15H24O/c16-15(12-6-3-7-12)14-9-8-11-4-1-2-5-13(11)10-14/h11-14H,1-10H2. The summed E-state index contributed by atoms with van der Waals surface area (Å²) < 4.78 is 0. The first-order valence-corrected chi connectivity index (χ1v) is 7.38. The normalized spacial score (nSPS) is 39.9. The Kier molecular flexibility index (Phi) is 3.04. The Morgan fingerprint density at radius 2 is 1.44 bits per heavy atom. The van der Waals surface area contributed by atoms with Crippen LogP contribution in [0.15, 0.2) is 0 Å². The van der Waals surface area contributed by atoms with Crippen molar-refractivity contribution >= 4 is 5.78 Å². The smallest absolute Gasteiger partial charge is 0.139 e. The topological polar surface area (TPSA) is 17.1 Å². The minimum Gasteiger partial charge on any atom is -0.299 e. The SMILES string of the molecule is O=C(C1CCC1)C1CCC2CCCCC2C1. The second-order valence-electron chi connectivity index (χ2n) is 6.34. The molecule has 0 aromatic rings. The number of carbonyl (C=O) groups excluding carboxylic acids is 1. The molecule has 0 aromatic heterocycles. The van der Waals surface area contributed by atoms with E-state index in [0.717, 1.165) is 11.8 Å². The Morgan fingerprint density at radius 3 is 2.12 bits per heavy atom. The summed E-state index contributed by atoms with van der Waals surface area (Å²) in [4.78, 5) is 12.3. The van der Waals surface area contributed by atoms with E-state index in [4.69, 9.17) is 0 Å². The van der Waals surface area contributed by atoms with Gasteiger partial charge in [-0.05, 0) is 43.9 Å². The maximum absolute atomic E-state index is 12.3. The van der Waals surface area contributed by atoms with Crippen LogP contribution in [0.2, 0.25) is 0 Å². The maximum atomic E-state index is 12.3. The first-order chi connectivity index (χ1) is 7.84. The van der Waals surface area contributed by atoms with Crippen molar-refractivity contribution in [1.82, 2.24) is 0 Å². The third-order valence-electron chi connectivity index (χ3n) is 5.45. The number of ketones is 1. The van der Waals surface area contributed by atoms with Gasteiger partial charge in [-0.25, -0.2) is 0 Å². The molecule has 0 saturated heterocycles. The average Bonchev–Trinajstić information content (AvgIpc) is 2.26. The summed E-state index contributed by atoms with van der Waals surface area (Å²) in [6, 6.07) is 0. The van der Waals surface area contributed by atoms with Crippen LogP contribution in [0.3, 0.4) is 0 Å². The first-order valence-electron chi connectivity index (χ1n) is 7.38. The van der Waals surface area contributed by atoms with E-state index in [2.05, 4.69) is 0 Å². The van der Waals surface area contributed by atoms with Crippen LogP contribution in [0.1, 0.15) is 64.2 Å². The van der Waals surface area contributed by atoms with Crippen LogP contribution in [0.4, 0.5) is 0 Å². The Labute approximate surface area is 99.0 Å². The molecule has 90 valence electrons. The van der Waals surface area contributed by atoms with Crippen LogP contribution in [-0.2, 0) is 4.79 Å². The number of hydrogen-bond donors (Lipinski definition) is 0. The minimum atomic E-state index is 0.463. The molecule has 3 aliphatic carbocycles. The Morgan fingerprint density at radius 1 is 0.688 bits per heavy atom. The fourth-order valence-corrected chi connectivity index (χ4v) is 4.16. The van der Waals surface area contributed by atoms with E-state index < -0.39 is 0 Å². The van der Waals surface area contributed by atoms with Gasteiger partial charge in [-0.2, -0.15) is 0 Å². The quantitative estimate of drug-likeness (QED) is 0.688. The molecule has 3 fully saturated rings. The van der Waals surface area contributed by atoms with Gasteiger partial charge in [-0.15, -0.1) is 0 Å². The van der Waals surface area contributed by atoms with E-state index in [1.165, 1.54) is 64.2 Å². The van der Waals surface area contributed by atoms with Crippen molar-refractivity contribution < 1.29 is 4.79 Å². The highest BCUT2D eigenvalue weighted by Crippen LogP contribution is 2.44. The monoisotopic (exact) mass is 220 g/mol. The van der Waals surface area contributed by atoms with E-state index in [9.17, 15) is 4.79 Å². The lowest BCUT2D eigenvalue weighted by molar-refractivity contribution is -0.131. The summed E-state index contributed by atoms with van der Waals surface area (Å²) >= 11 is 0.